The Balaban J connectivity index is 2.43. The van der Waals surface area contributed by atoms with Gasteiger partial charge in [-0.25, -0.2) is 0 Å². The monoisotopic (exact) mass is 322 g/mol. The fourth-order valence-corrected chi connectivity index (χ4v) is 3.40. The van der Waals surface area contributed by atoms with Crippen molar-refractivity contribution in [1.82, 2.24) is 4.90 Å². The van der Waals surface area contributed by atoms with E-state index >= 15 is 0 Å². The van der Waals surface area contributed by atoms with Crippen molar-refractivity contribution in [3.05, 3.63) is 35.4 Å². The summed E-state index contributed by atoms with van der Waals surface area (Å²) < 4.78 is 11.6. The summed E-state index contributed by atoms with van der Waals surface area (Å²) in [7, 11) is -0.711. The van der Waals surface area contributed by atoms with E-state index in [-0.39, 0.29) is 0 Å². The number of rotatable bonds is 10. The smallest absolute Gasteiger partial charge is 0.0991 e. The molecule has 2 atom stereocenters. The van der Waals surface area contributed by atoms with Crippen LogP contribution in [0.3, 0.4) is 0 Å². The van der Waals surface area contributed by atoms with Crippen LogP contribution in [-0.4, -0.2) is 45.4 Å². The number of likely N-dealkylation sites (N-methyl/N-ethyl adjacent to an activating group) is 1. The molecule has 0 fully saturated rings. The molecule has 0 saturated heterocycles. The van der Waals surface area contributed by atoms with Gasteiger partial charge < -0.3 is 10.0 Å². The summed E-state index contributed by atoms with van der Waals surface area (Å²) in [6.07, 6.45) is 1.29. The third-order valence-corrected chi connectivity index (χ3v) is 5.19. The average molecular weight is 322 g/mol. The van der Waals surface area contributed by atoms with Crippen LogP contribution in [0, 0.1) is 11.3 Å². The Bertz CT molecular complexity index is 496. The molecular weight excluding hydrogens is 296 g/mol. The topological polar surface area (TPSA) is 64.3 Å². The minimum absolute atomic E-state index is 0.558. The fraction of sp³-hybridized carbons (Fsp3) is 0.588. The van der Waals surface area contributed by atoms with Crippen molar-refractivity contribution in [3.8, 4) is 6.07 Å². The number of nitrogens with zero attached hydrogens (tertiary/aromatic N) is 2. The van der Waals surface area contributed by atoms with Crippen molar-refractivity contribution < 1.29 is 9.32 Å². The molecule has 0 saturated carbocycles. The Hall–Kier alpha value is -1.22. The molecule has 0 aliphatic heterocycles. The van der Waals surface area contributed by atoms with Crippen molar-refractivity contribution >= 4 is 10.8 Å². The minimum atomic E-state index is -0.711. The molecule has 0 aromatic heterocycles. The zero-order valence-electron chi connectivity index (χ0n) is 13.5. The van der Waals surface area contributed by atoms with E-state index in [1.165, 1.54) is 0 Å². The molecule has 0 heterocycles. The quantitative estimate of drug-likeness (QED) is 0.719. The Morgan fingerprint density at radius 1 is 1.27 bits per heavy atom. The van der Waals surface area contributed by atoms with Crippen LogP contribution in [0.4, 0.5) is 0 Å². The highest BCUT2D eigenvalue weighted by atomic mass is 32.2. The molecule has 5 heteroatoms. The maximum Gasteiger partial charge on any atom is 0.0991 e. The first-order chi connectivity index (χ1) is 10.6. The van der Waals surface area contributed by atoms with E-state index in [4.69, 9.17) is 5.26 Å². The maximum absolute atomic E-state index is 11.6. The minimum Gasteiger partial charge on any atom is -0.387 e. The summed E-state index contributed by atoms with van der Waals surface area (Å²) in [5.74, 6) is 1.51. The van der Waals surface area contributed by atoms with E-state index in [1.807, 2.05) is 6.92 Å². The lowest BCUT2D eigenvalue weighted by molar-refractivity contribution is 0.116. The van der Waals surface area contributed by atoms with Gasteiger partial charge in [0.15, 0.2) is 0 Å². The van der Waals surface area contributed by atoms with E-state index in [2.05, 4.69) is 17.9 Å². The molecule has 1 aromatic carbocycles. The SMILES string of the molecule is CCCS(=O)CCCN(CC)CC(O)c1ccc(C#N)cc1. The van der Waals surface area contributed by atoms with Crippen molar-refractivity contribution in [3.63, 3.8) is 0 Å². The maximum atomic E-state index is 11.6. The number of hydrogen-bond acceptors (Lipinski definition) is 4. The van der Waals surface area contributed by atoms with Gasteiger partial charge in [-0.1, -0.05) is 26.0 Å². The van der Waals surface area contributed by atoms with E-state index < -0.39 is 16.9 Å². The van der Waals surface area contributed by atoms with Crippen LogP contribution in [0.5, 0.6) is 0 Å². The molecule has 0 aliphatic carbocycles. The molecule has 0 spiro atoms. The summed E-state index contributed by atoms with van der Waals surface area (Å²) >= 11 is 0. The van der Waals surface area contributed by atoms with Crippen LogP contribution in [0.25, 0.3) is 0 Å². The van der Waals surface area contributed by atoms with E-state index in [0.29, 0.717) is 12.1 Å². The number of aliphatic hydroxyl groups excluding tert-OH is 1. The van der Waals surface area contributed by atoms with Gasteiger partial charge in [-0.05, 0) is 43.6 Å². The van der Waals surface area contributed by atoms with Crippen LogP contribution >= 0.6 is 0 Å². The highest BCUT2D eigenvalue weighted by Crippen LogP contribution is 2.15. The molecular formula is C17H26N2O2S. The lowest BCUT2D eigenvalue weighted by Crippen LogP contribution is -2.30. The lowest BCUT2D eigenvalue weighted by Gasteiger charge is -2.23. The zero-order valence-corrected chi connectivity index (χ0v) is 14.3. The summed E-state index contributed by atoms with van der Waals surface area (Å²) in [6.45, 7) is 6.37. The van der Waals surface area contributed by atoms with Crippen molar-refractivity contribution in [2.45, 2.75) is 32.8 Å². The van der Waals surface area contributed by atoms with Gasteiger partial charge in [0.2, 0.25) is 0 Å². The van der Waals surface area contributed by atoms with Crippen LogP contribution in [0.1, 0.15) is 43.9 Å². The molecule has 4 nitrogen and oxygen atoms in total. The largest absolute Gasteiger partial charge is 0.387 e. The molecule has 0 aliphatic rings. The Kier molecular flexibility index (Phi) is 8.98. The highest BCUT2D eigenvalue weighted by Gasteiger charge is 2.12. The van der Waals surface area contributed by atoms with Crippen LogP contribution < -0.4 is 0 Å². The number of hydrogen-bond donors (Lipinski definition) is 1. The van der Waals surface area contributed by atoms with Gasteiger partial charge in [0.25, 0.3) is 0 Å². The van der Waals surface area contributed by atoms with Crippen LogP contribution in [0.15, 0.2) is 24.3 Å². The standard InChI is InChI=1S/C17H26N2O2S/c1-3-11-22(21)12-5-10-19(4-2)14-17(20)16-8-6-15(13-18)7-9-16/h6-9,17,20H,3-5,10-12,14H2,1-2H3. The first kappa shape index (κ1) is 18.8. The van der Waals surface area contributed by atoms with E-state index in [0.717, 1.165) is 43.0 Å². The first-order valence-corrected chi connectivity index (χ1v) is 9.35. The van der Waals surface area contributed by atoms with Crippen LogP contribution in [0.2, 0.25) is 0 Å². The third kappa shape index (κ3) is 6.69. The van der Waals surface area contributed by atoms with Gasteiger partial charge in [0.1, 0.15) is 0 Å². The average Bonchev–Trinajstić information content (AvgIpc) is 2.54. The molecule has 0 radical (unpaired) electrons. The zero-order chi connectivity index (χ0) is 16.4. The molecule has 2 unspecified atom stereocenters. The Morgan fingerprint density at radius 3 is 2.50 bits per heavy atom. The highest BCUT2D eigenvalue weighted by molar-refractivity contribution is 7.84. The molecule has 0 bridgehead atoms. The number of aliphatic hydroxyl groups is 1. The fourth-order valence-electron chi connectivity index (χ4n) is 2.29. The van der Waals surface area contributed by atoms with Crippen LogP contribution in [-0.2, 0) is 10.8 Å². The second-order valence-electron chi connectivity index (χ2n) is 5.34. The predicted octanol–water partition coefficient (Wildman–Crippen LogP) is 2.46. The molecule has 1 rings (SSSR count). The molecule has 22 heavy (non-hydrogen) atoms. The lowest BCUT2D eigenvalue weighted by atomic mass is 10.1. The van der Waals surface area contributed by atoms with Gasteiger partial charge in [-0.3, -0.25) is 4.21 Å². The Labute approximate surface area is 136 Å². The first-order valence-electron chi connectivity index (χ1n) is 7.86. The van der Waals surface area contributed by atoms with Crippen molar-refractivity contribution in [1.29, 1.82) is 5.26 Å². The van der Waals surface area contributed by atoms with Gasteiger partial charge in [0.05, 0.1) is 17.7 Å². The number of benzene rings is 1. The van der Waals surface area contributed by atoms with Gasteiger partial charge in [-0.2, -0.15) is 5.26 Å². The molecule has 0 amide bonds. The number of nitriles is 1. The van der Waals surface area contributed by atoms with Gasteiger partial charge >= 0.3 is 0 Å². The predicted molar refractivity (Wildman–Crippen MR) is 91.0 cm³/mol. The van der Waals surface area contributed by atoms with E-state index in [9.17, 15) is 9.32 Å². The second kappa shape index (κ2) is 10.5. The Morgan fingerprint density at radius 2 is 1.95 bits per heavy atom. The van der Waals surface area contributed by atoms with Crippen molar-refractivity contribution in [2.24, 2.45) is 0 Å². The van der Waals surface area contributed by atoms with E-state index in [1.54, 1.807) is 24.3 Å². The van der Waals surface area contributed by atoms with Gasteiger partial charge in [0, 0.05) is 28.9 Å². The summed E-state index contributed by atoms with van der Waals surface area (Å²) in [4.78, 5) is 2.17. The van der Waals surface area contributed by atoms with Gasteiger partial charge in [-0.15, -0.1) is 0 Å². The summed E-state index contributed by atoms with van der Waals surface area (Å²) in [5, 5.41) is 19.1. The summed E-state index contributed by atoms with van der Waals surface area (Å²) in [6, 6.07) is 9.12. The molecule has 1 aromatic rings. The normalized spacial score (nSPS) is 13.8. The molecule has 122 valence electrons. The molecule has 1 N–H and O–H groups in total. The third-order valence-electron chi connectivity index (χ3n) is 3.58. The van der Waals surface area contributed by atoms with Crippen molar-refractivity contribution in [2.75, 3.05) is 31.1 Å². The summed E-state index contributed by atoms with van der Waals surface area (Å²) in [5.41, 5.74) is 1.42. The second-order valence-corrected chi connectivity index (χ2v) is 7.04.